The van der Waals surface area contributed by atoms with Crippen LogP contribution in [0.1, 0.15) is 90.7 Å². The molecule has 1 atom stereocenters. The average Bonchev–Trinajstić information content (AvgIpc) is 2.64. The predicted octanol–water partition coefficient (Wildman–Crippen LogP) is 6.99. The second kappa shape index (κ2) is 15.9. The van der Waals surface area contributed by atoms with Gasteiger partial charge in [0.1, 0.15) is 5.75 Å². The maximum atomic E-state index is 6.23. The number of rotatable bonds is 11. The number of allylic oxidation sites excluding steroid dienone is 1. The van der Waals surface area contributed by atoms with Crippen molar-refractivity contribution < 1.29 is 4.74 Å². The van der Waals surface area contributed by atoms with E-state index in [9.17, 15) is 0 Å². The van der Waals surface area contributed by atoms with E-state index in [4.69, 9.17) is 10.5 Å². The maximum Gasteiger partial charge on any atom is 0.122 e. The van der Waals surface area contributed by atoms with Crippen molar-refractivity contribution in [2.45, 2.75) is 99.0 Å². The Labute approximate surface area is 163 Å². The molecular formula is C24H43NO. The first-order chi connectivity index (χ1) is 12.5. The van der Waals surface area contributed by atoms with Crippen LogP contribution in [0.4, 0.5) is 0 Å². The topological polar surface area (TPSA) is 35.2 Å². The number of unbranched alkanes of at least 4 members (excludes halogenated alkanes) is 2. The van der Waals surface area contributed by atoms with Gasteiger partial charge < -0.3 is 10.5 Å². The summed E-state index contributed by atoms with van der Waals surface area (Å²) in [5, 5.41) is 0. The molecule has 0 spiro atoms. The number of ether oxygens (including phenoxy) is 1. The van der Waals surface area contributed by atoms with Crippen molar-refractivity contribution in [1.82, 2.24) is 0 Å². The Morgan fingerprint density at radius 2 is 1.81 bits per heavy atom. The van der Waals surface area contributed by atoms with Gasteiger partial charge in [-0.2, -0.15) is 0 Å². The van der Waals surface area contributed by atoms with E-state index < -0.39 is 0 Å². The van der Waals surface area contributed by atoms with Crippen LogP contribution < -0.4 is 10.5 Å². The molecule has 26 heavy (non-hydrogen) atoms. The molecular weight excluding hydrogens is 318 g/mol. The highest BCUT2D eigenvalue weighted by atomic mass is 16.5. The first-order valence-corrected chi connectivity index (χ1v) is 10.6. The minimum Gasteiger partial charge on any atom is -0.490 e. The van der Waals surface area contributed by atoms with E-state index in [1.807, 2.05) is 6.92 Å². The smallest absolute Gasteiger partial charge is 0.122 e. The van der Waals surface area contributed by atoms with E-state index >= 15 is 0 Å². The maximum absolute atomic E-state index is 6.23. The molecule has 0 saturated carbocycles. The van der Waals surface area contributed by atoms with Gasteiger partial charge in [-0.05, 0) is 63.1 Å². The van der Waals surface area contributed by atoms with E-state index in [2.05, 4.69) is 58.9 Å². The summed E-state index contributed by atoms with van der Waals surface area (Å²) in [5.41, 5.74) is 9.24. The largest absolute Gasteiger partial charge is 0.490 e. The fourth-order valence-electron chi connectivity index (χ4n) is 2.88. The highest BCUT2D eigenvalue weighted by Crippen LogP contribution is 2.23. The Hall–Kier alpha value is -1.28. The standard InChI is InChI=1S/C18H30O.C6H13N/c1-5-8-9-11-17(10-6-2)19-18-13-12-16(7-3)14-15(18)4;1-3-4-6(2)5-7/h12-14,17H,5-11H2,1-4H3;4H,3,5,7H2,1-2H3/b;6-4-. The Morgan fingerprint density at radius 3 is 2.27 bits per heavy atom. The third kappa shape index (κ3) is 11.4. The van der Waals surface area contributed by atoms with Crippen LogP contribution in [-0.4, -0.2) is 12.6 Å². The van der Waals surface area contributed by atoms with Gasteiger partial charge in [0.2, 0.25) is 0 Å². The lowest BCUT2D eigenvalue weighted by Gasteiger charge is -2.20. The molecule has 1 unspecified atom stereocenters. The van der Waals surface area contributed by atoms with Crippen molar-refractivity contribution in [3.8, 4) is 5.75 Å². The Morgan fingerprint density at radius 1 is 1.08 bits per heavy atom. The van der Waals surface area contributed by atoms with Crippen molar-refractivity contribution >= 4 is 0 Å². The average molecular weight is 362 g/mol. The monoisotopic (exact) mass is 361 g/mol. The van der Waals surface area contributed by atoms with Crippen molar-refractivity contribution in [3.05, 3.63) is 41.0 Å². The van der Waals surface area contributed by atoms with Crippen molar-refractivity contribution in [2.75, 3.05) is 6.54 Å². The lowest BCUT2D eigenvalue weighted by molar-refractivity contribution is 0.175. The molecule has 0 heterocycles. The molecule has 0 amide bonds. The molecule has 0 fully saturated rings. The first kappa shape index (κ1) is 24.7. The van der Waals surface area contributed by atoms with Crippen molar-refractivity contribution in [3.63, 3.8) is 0 Å². The second-order valence-electron chi connectivity index (χ2n) is 7.14. The Kier molecular flexibility index (Phi) is 15.2. The Balaban J connectivity index is 0.000000758. The third-order valence-corrected chi connectivity index (χ3v) is 4.56. The zero-order valence-corrected chi connectivity index (χ0v) is 18.2. The summed E-state index contributed by atoms with van der Waals surface area (Å²) in [6.07, 6.45) is 12.2. The zero-order valence-electron chi connectivity index (χ0n) is 18.2. The third-order valence-electron chi connectivity index (χ3n) is 4.56. The van der Waals surface area contributed by atoms with Crippen LogP contribution in [0.5, 0.6) is 5.75 Å². The molecule has 2 nitrogen and oxygen atoms in total. The fourth-order valence-corrected chi connectivity index (χ4v) is 2.88. The molecule has 1 aromatic rings. The highest BCUT2D eigenvalue weighted by Gasteiger charge is 2.11. The summed E-state index contributed by atoms with van der Waals surface area (Å²) in [6.45, 7) is 13.7. The van der Waals surface area contributed by atoms with Crippen LogP contribution in [0.3, 0.4) is 0 Å². The van der Waals surface area contributed by atoms with E-state index in [0.717, 1.165) is 18.6 Å². The van der Waals surface area contributed by atoms with Gasteiger partial charge in [-0.1, -0.05) is 70.7 Å². The molecule has 150 valence electrons. The summed E-state index contributed by atoms with van der Waals surface area (Å²) in [4.78, 5) is 0. The summed E-state index contributed by atoms with van der Waals surface area (Å²) in [5.74, 6) is 1.08. The summed E-state index contributed by atoms with van der Waals surface area (Å²) < 4.78 is 6.23. The fraction of sp³-hybridized carbons (Fsp3) is 0.667. The predicted molar refractivity (Wildman–Crippen MR) is 117 cm³/mol. The molecule has 1 rings (SSSR count). The molecule has 2 heteroatoms. The molecule has 2 N–H and O–H groups in total. The van der Waals surface area contributed by atoms with Gasteiger partial charge in [0.05, 0.1) is 6.10 Å². The number of nitrogens with two attached hydrogens (primary N) is 1. The first-order valence-electron chi connectivity index (χ1n) is 10.6. The normalized spacial score (nSPS) is 12.3. The van der Waals surface area contributed by atoms with E-state index in [1.54, 1.807) is 0 Å². The van der Waals surface area contributed by atoms with Crippen molar-refractivity contribution in [2.24, 2.45) is 5.73 Å². The van der Waals surface area contributed by atoms with Gasteiger partial charge in [-0.3, -0.25) is 0 Å². The lowest BCUT2D eigenvalue weighted by Crippen LogP contribution is -2.16. The molecule has 0 aromatic heterocycles. The van der Waals surface area contributed by atoms with E-state index in [0.29, 0.717) is 12.6 Å². The van der Waals surface area contributed by atoms with Gasteiger partial charge in [0.25, 0.3) is 0 Å². The minimum atomic E-state index is 0.391. The Bertz CT molecular complexity index is 493. The molecule has 0 radical (unpaired) electrons. The van der Waals surface area contributed by atoms with Gasteiger partial charge in [0.15, 0.2) is 0 Å². The van der Waals surface area contributed by atoms with Crippen LogP contribution in [0.2, 0.25) is 0 Å². The molecule has 0 saturated heterocycles. The van der Waals surface area contributed by atoms with E-state index in [1.165, 1.54) is 55.2 Å². The molecule has 1 aromatic carbocycles. The van der Waals surface area contributed by atoms with Crippen LogP contribution >= 0.6 is 0 Å². The summed E-state index contributed by atoms with van der Waals surface area (Å²) >= 11 is 0. The highest BCUT2D eigenvalue weighted by molar-refractivity contribution is 5.36. The zero-order chi connectivity index (χ0) is 19.8. The number of hydrogen-bond donors (Lipinski definition) is 1. The molecule has 0 aliphatic carbocycles. The van der Waals surface area contributed by atoms with Gasteiger partial charge in [0, 0.05) is 6.54 Å². The minimum absolute atomic E-state index is 0.391. The van der Waals surface area contributed by atoms with E-state index in [-0.39, 0.29) is 0 Å². The number of hydrogen-bond acceptors (Lipinski definition) is 2. The van der Waals surface area contributed by atoms with Gasteiger partial charge in [-0.25, -0.2) is 0 Å². The van der Waals surface area contributed by atoms with Crippen LogP contribution in [-0.2, 0) is 6.42 Å². The second-order valence-corrected chi connectivity index (χ2v) is 7.14. The SMILES string of the molecule is CC/C=C(/C)CN.CCCCCC(CCC)Oc1ccc(CC)cc1C. The van der Waals surface area contributed by atoms with Gasteiger partial charge in [-0.15, -0.1) is 0 Å². The van der Waals surface area contributed by atoms with Crippen LogP contribution in [0.15, 0.2) is 29.8 Å². The van der Waals surface area contributed by atoms with Crippen molar-refractivity contribution in [1.29, 1.82) is 0 Å². The quantitative estimate of drug-likeness (QED) is 0.340. The summed E-state index contributed by atoms with van der Waals surface area (Å²) in [7, 11) is 0. The van der Waals surface area contributed by atoms with Gasteiger partial charge >= 0.3 is 0 Å². The van der Waals surface area contributed by atoms with Crippen LogP contribution in [0, 0.1) is 6.92 Å². The van der Waals surface area contributed by atoms with Crippen LogP contribution in [0.25, 0.3) is 0 Å². The molecule has 0 bridgehead atoms. The number of benzene rings is 1. The number of aryl methyl sites for hydroxylation is 2. The summed E-state index contributed by atoms with van der Waals surface area (Å²) in [6, 6.07) is 6.60. The molecule has 0 aliphatic heterocycles. The lowest BCUT2D eigenvalue weighted by atomic mass is 10.1. The molecule has 0 aliphatic rings.